The molecular weight excluding hydrogens is 415 g/mol. The molecule has 0 saturated carbocycles. The molecule has 23 heavy (non-hydrogen) atoms. The first-order chi connectivity index (χ1) is 10.7. The topological polar surface area (TPSA) is 46.2 Å². The second-order valence-electron chi connectivity index (χ2n) is 4.23. The largest absolute Gasteiger partial charge is 0.417 e. The zero-order chi connectivity index (χ0) is 17.1. The number of alkyl halides is 3. The van der Waals surface area contributed by atoms with Crippen molar-refractivity contribution < 1.29 is 21.6 Å². The van der Waals surface area contributed by atoms with E-state index in [4.69, 9.17) is 0 Å². The lowest BCUT2D eigenvalue weighted by atomic mass is 10.1. The van der Waals surface area contributed by atoms with Gasteiger partial charge in [-0.15, -0.1) is 11.3 Å². The lowest BCUT2D eigenvalue weighted by molar-refractivity contribution is -0.137. The predicted molar refractivity (Wildman–Crippen MR) is 85.5 cm³/mol. The third-order valence-electron chi connectivity index (χ3n) is 2.62. The van der Waals surface area contributed by atoms with Crippen LogP contribution in [-0.4, -0.2) is 15.0 Å². The summed E-state index contributed by atoms with van der Waals surface area (Å²) in [5.74, 6) is 4.75. The van der Waals surface area contributed by atoms with Gasteiger partial charge >= 0.3 is 6.18 Å². The molecule has 1 heterocycles. The Balaban J connectivity index is 2.11. The van der Waals surface area contributed by atoms with Crippen LogP contribution in [0.4, 0.5) is 13.2 Å². The van der Waals surface area contributed by atoms with E-state index in [1.165, 1.54) is 24.3 Å². The fourth-order valence-corrected chi connectivity index (χ4v) is 4.60. The Labute approximate surface area is 143 Å². The number of benzene rings is 1. The minimum atomic E-state index is -4.51. The van der Waals surface area contributed by atoms with Crippen LogP contribution in [0.15, 0.2) is 44.4 Å². The quantitative estimate of drug-likeness (QED) is 0.761. The van der Waals surface area contributed by atoms with Crippen molar-refractivity contribution in [3.63, 3.8) is 0 Å². The van der Waals surface area contributed by atoms with Gasteiger partial charge in [-0.2, -0.15) is 17.9 Å². The predicted octanol–water partition coefficient (Wildman–Crippen LogP) is 3.86. The molecule has 0 aliphatic rings. The molecule has 0 radical (unpaired) electrons. The van der Waals surface area contributed by atoms with E-state index in [1.807, 2.05) is 0 Å². The van der Waals surface area contributed by atoms with E-state index in [0.717, 1.165) is 17.4 Å². The van der Waals surface area contributed by atoms with E-state index in [0.29, 0.717) is 3.79 Å². The van der Waals surface area contributed by atoms with E-state index >= 15 is 0 Å². The van der Waals surface area contributed by atoms with Crippen LogP contribution in [0.3, 0.4) is 0 Å². The SMILES string of the molecule is O=S(=O)(NCC#Cc1ccccc1C(F)(F)F)c1ccc(Br)s1. The number of nitrogens with one attached hydrogen (secondary N) is 1. The molecule has 2 rings (SSSR count). The maximum atomic E-state index is 12.8. The molecule has 122 valence electrons. The summed E-state index contributed by atoms with van der Waals surface area (Å²) in [6.07, 6.45) is -4.51. The molecule has 1 N–H and O–H groups in total. The minimum Gasteiger partial charge on any atom is -0.206 e. The molecule has 0 spiro atoms. The average molecular weight is 424 g/mol. The van der Waals surface area contributed by atoms with Crippen molar-refractivity contribution in [3.05, 3.63) is 51.3 Å². The third-order valence-corrected chi connectivity index (χ3v) is 6.14. The van der Waals surface area contributed by atoms with Crippen molar-refractivity contribution in [2.45, 2.75) is 10.4 Å². The average Bonchev–Trinajstić information content (AvgIpc) is 2.90. The van der Waals surface area contributed by atoms with Crippen molar-refractivity contribution in [3.8, 4) is 11.8 Å². The maximum Gasteiger partial charge on any atom is 0.417 e. The Morgan fingerprint density at radius 3 is 2.48 bits per heavy atom. The van der Waals surface area contributed by atoms with Crippen LogP contribution in [0.5, 0.6) is 0 Å². The Bertz CT molecular complexity index is 864. The Kier molecular flexibility index (Phi) is 5.52. The highest BCUT2D eigenvalue weighted by Crippen LogP contribution is 2.31. The van der Waals surface area contributed by atoms with Gasteiger partial charge in [-0.3, -0.25) is 0 Å². The Hall–Kier alpha value is -1.34. The second kappa shape index (κ2) is 7.05. The summed E-state index contributed by atoms with van der Waals surface area (Å²) >= 11 is 4.18. The first-order valence-corrected chi connectivity index (χ1v) is 9.19. The van der Waals surface area contributed by atoms with Gasteiger partial charge < -0.3 is 0 Å². The fourth-order valence-electron chi connectivity index (χ4n) is 1.62. The summed E-state index contributed by atoms with van der Waals surface area (Å²) in [5, 5.41) is 0. The van der Waals surface area contributed by atoms with Gasteiger partial charge in [0.05, 0.1) is 15.9 Å². The smallest absolute Gasteiger partial charge is 0.206 e. The van der Waals surface area contributed by atoms with Gasteiger partial charge in [-0.05, 0) is 40.2 Å². The van der Waals surface area contributed by atoms with Crippen molar-refractivity contribution in [1.29, 1.82) is 0 Å². The van der Waals surface area contributed by atoms with E-state index in [9.17, 15) is 21.6 Å². The first kappa shape index (κ1) is 18.0. The number of sulfonamides is 1. The third kappa shape index (κ3) is 4.81. The molecule has 9 heteroatoms. The minimum absolute atomic E-state index is 0.0990. The van der Waals surface area contributed by atoms with Gasteiger partial charge in [0.2, 0.25) is 0 Å². The van der Waals surface area contributed by atoms with Gasteiger partial charge in [0.1, 0.15) is 4.21 Å². The molecule has 0 amide bonds. The van der Waals surface area contributed by atoms with E-state index in [2.05, 4.69) is 32.5 Å². The second-order valence-corrected chi connectivity index (χ2v) is 8.69. The highest BCUT2D eigenvalue weighted by Gasteiger charge is 2.32. The van der Waals surface area contributed by atoms with Gasteiger partial charge in [0.15, 0.2) is 0 Å². The Morgan fingerprint density at radius 1 is 1.17 bits per heavy atom. The zero-order valence-electron chi connectivity index (χ0n) is 11.3. The van der Waals surface area contributed by atoms with Gasteiger partial charge in [0.25, 0.3) is 10.0 Å². The van der Waals surface area contributed by atoms with Crippen molar-refractivity contribution in [2.24, 2.45) is 0 Å². The van der Waals surface area contributed by atoms with Gasteiger partial charge in [-0.25, -0.2) is 8.42 Å². The van der Waals surface area contributed by atoms with Gasteiger partial charge in [0, 0.05) is 5.56 Å². The van der Waals surface area contributed by atoms with Crippen LogP contribution >= 0.6 is 27.3 Å². The van der Waals surface area contributed by atoms with Crippen LogP contribution < -0.4 is 4.72 Å². The van der Waals surface area contributed by atoms with Gasteiger partial charge in [-0.1, -0.05) is 24.0 Å². The van der Waals surface area contributed by atoms with Crippen LogP contribution in [0.2, 0.25) is 0 Å². The van der Waals surface area contributed by atoms with Crippen molar-refractivity contribution in [1.82, 2.24) is 4.72 Å². The normalized spacial score (nSPS) is 11.8. The van der Waals surface area contributed by atoms with E-state index in [-0.39, 0.29) is 16.3 Å². The highest BCUT2D eigenvalue weighted by molar-refractivity contribution is 9.11. The van der Waals surface area contributed by atoms with Crippen molar-refractivity contribution >= 4 is 37.3 Å². The molecule has 0 bridgehead atoms. The molecule has 3 nitrogen and oxygen atoms in total. The maximum absolute atomic E-state index is 12.8. The van der Waals surface area contributed by atoms with Crippen LogP contribution in [0.1, 0.15) is 11.1 Å². The summed E-state index contributed by atoms with van der Waals surface area (Å²) in [6, 6.07) is 7.88. The molecule has 0 fully saturated rings. The summed E-state index contributed by atoms with van der Waals surface area (Å²) in [5.41, 5.74) is -1.05. The summed E-state index contributed by atoms with van der Waals surface area (Å²) in [4.78, 5) is 0. The summed E-state index contributed by atoms with van der Waals surface area (Å²) in [6.45, 7) is -0.288. The molecule has 2 aromatic rings. The van der Waals surface area contributed by atoms with Crippen LogP contribution in [0.25, 0.3) is 0 Å². The molecule has 0 unspecified atom stereocenters. The zero-order valence-corrected chi connectivity index (χ0v) is 14.5. The Morgan fingerprint density at radius 2 is 1.87 bits per heavy atom. The monoisotopic (exact) mass is 423 g/mol. The molecule has 1 aromatic carbocycles. The van der Waals surface area contributed by atoms with E-state index < -0.39 is 21.8 Å². The first-order valence-electron chi connectivity index (χ1n) is 6.10. The molecule has 0 atom stereocenters. The van der Waals surface area contributed by atoms with Crippen LogP contribution in [-0.2, 0) is 16.2 Å². The fraction of sp³-hybridized carbons (Fsp3) is 0.143. The molecule has 0 aliphatic carbocycles. The molecule has 0 saturated heterocycles. The van der Waals surface area contributed by atoms with E-state index in [1.54, 1.807) is 6.07 Å². The number of hydrogen-bond acceptors (Lipinski definition) is 3. The highest BCUT2D eigenvalue weighted by atomic mass is 79.9. The summed E-state index contributed by atoms with van der Waals surface area (Å²) < 4.78 is 65.2. The standard InChI is InChI=1S/C14H9BrF3NO2S2/c15-12-7-8-13(22-12)23(20,21)19-9-3-5-10-4-1-2-6-11(10)14(16,17)18/h1-2,4,6-8,19H,9H2. The molecule has 0 aliphatic heterocycles. The summed E-state index contributed by atoms with van der Waals surface area (Å²) in [7, 11) is -3.72. The molecular formula is C14H9BrF3NO2S2. The number of hydrogen-bond donors (Lipinski definition) is 1. The number of thiophene rings is 1. The van der Waals surface area contributed by atoms with Crippen molar-refractivity contribution in [2.75, 3.05) is 6.54 Å². The number of rotatable bonds is 3. The molecule has 1 aromatic heterocycles. The number of halogens is 4. The lowest BCUT2D eigenvalue weighted by Crippen LogP contribution is -2.23. The lowest BCUT2D eigenvalue weighted by Gasteiger charge is -2.08. The van der Waals surface area contributed by atoms with Crippen LogP contribution in [0, 0.1) is 11.8 Å².